The number of rotatable bonds is 7. The number of amidine groups is 4. The molecule has 0 amide bonds. The average molecular weight is 1760 g/mol. The Kier molecular flexibility index (Phi) is 15.9. The molecule has 0 radical (unpaired) electrons. The predicted molar refractivity (Wildman–Crippen MR) is 317 cm³/mol. The topological polar surface area (TPSA) is 65.3 Å². The van der Waals surface area contributed by atoms with Crippen molar-refractivity contribution in [1.82, 2.24) is 9.13 Å². The van der Waals surface area contributed by atoms with Gasteiger partial charge in [0.15, 0.2) is 0 Å². The number of aromatic nitrogens is 2. The third kappa shape index (κ3) is 9.62. The fourth-order valence-electron chi connectivity index (χ4n) is 15.9. The highest BCUT2D eigenvalue weighted by Gasteiger charge is 2.83. The summed E-state index contributed by atoms with van der Waals surface area (Å²) >= 11 is -1.06. The molecule has 0 saturated carbocycles. The van der Waals surface area contributed by atoms with Crippen LogP contribution in [0.25, 0.3) is 59.3 Å². The lowest BCUT2D eigenvalue weighted by Gasteiger charge is -2.41. The van der Waals surface area contributed by atoms with Crippen LogP contribution in [0.15, 0.2) is 98.3 Å². The van der Waals surface area contributed by atoms with E-state index in [4.69, 9.17) is 0 Å². The first-order valence-electron chi connectivity index (χ1n) is 31.4. The molecule has 3 atom stereocenters. The van der Waals surface area contributed by atoms with Crippen LogP contribution in [-0.4, -0.2) is 110 Å². The number of alkyl halides is 42. The minimum atomic E-state index is -8.17. The first-order chi connectivity index (χ1) is 52.7. The van der Waals surface area contributed by atoms with E-state index in [1.807, 2.05) is 0 Å². The summed E-state index contributed by atoms with van der Waals surface area (Å²) in [5, 5.41) is -25.1. The normalized spacial score (nSPS) is 19.0. The van der Waals surface area contributed by atoms with Crippen molar-refractivity contribution in [3.8, 4) is 0 Å². The lowest BCUT2D eigenvalue weighted by atomic mass is 9.76. The van der Waals surface area contributed by atoms with Gasteiger partial charge in [0.05, 0.1) is 44.0 Å². The molecule has 3 aromatic heterocycles. The van der Waals surface area contributed by atoms with Gasteiger partial charge in [-0.1, -0.05) is 92.8 Å². The second-order valence-corrected chi connectivity index (χ2v) is 28.2. The third-order valence-corrected chi connectivity index (χ3v) is 21.8. The molecule has 51 heteroatoms. The van der Waals surface area contributed by atoms with Crippen molar-refractivity contribution < 1.29 is 194 Å². The summed E-state index contributed by atoms with van der Waals surface area (Å²) in [6.45, 7) is -1.61. The summed E-state index contributed by atoms with van der Waals surface area (Å²) in [6.07, 6.45) is -92.2. The van der Waals surface area contributed by atoms with E-state index in [-0.39, 0.29) is 43.3 Å². The molecule has 0 bridgehead atoms. The Morgan fingerprint density at radius 3 is 0.932 bits per heavy atom. The SMILES string of the molecule is C/C(=C/c1sc2c3n4c(c2c1C(F)(F)F)N=C1c2c(c(C(C)(F)C(F)(F)F)c5ccccc5c2C(C)(F)C(F)(F)F)C2=[N+]1C41n4c(c5c(C(F)(C(F)(F)F)C(F)(F)F)c6ccccc6c(C(F)(C(F)(F)F)C(F)(F)F)c5c4=NC4=[N+]1C(=N3)c1c4c(C(F)(C(F)(F)F)C(F)(F)F)c3ccccc3c1C(F)(C(F)(F)F)C(F)(F)F)=N2)C(F)(F)F. The van der Waals surface area contributed by atoms with Crippen molar-refractivity contribution >= 4 is 106 Å². The largest absolute Gasteiger partial charge is 0.435 e. The molecule has 6 aliphatic rings. The Balaban J connectivity index is 1.43. The highest BCUT2D eigenvalue weighted by molar-refractivity contribution is 7.21. The molecule has 6 aliphatic heterocycles. The Bertz CT molecular complexity index is 6270. The van der Waals surface area contributed by atoms with Gasteiger partial charge in [-0.25, -0.2) is 26.3 Å². The Labute approximate surface area is 617 Å². The van der Waals surface area contributed by atoms with Crippen LogP contribution >= 0.6 is 11.3 Å². The number of halogens is 42. The lowest BCUT2D eigenvalue weighted by Crippen LogP contribution is -2.71. The number of allylic oxidation sites excluding steroid dienone is 1. The van der Waals surface area contributed by atoms with Crippen LogP contribution in [0, 0.1) is 0 Å². The maximum absolute atomic E-state index is 18.4. The number of thiophene rings is 1. The maximum Gasteiger partial charge on any atom is 0.435 e. The first kappa shape index (κ1) is 82.1. The van der Waals surface area contributed by atoms with E-state index in [9.17, 15) is 13.2 Å². The molecule has 1 spiro atoms. The number of hydrogen-bond acceptors (Lipinski definition) is 5. The Morgan fingerprint density at radius 2 is 0.615 bits per heavy atom. The minimum absolute atomic E-state index is 0.00208. The van der Waals surface area contributed by atoms with E-state index < -0.39 is 359 Å². The van der Waals surface area contributed by atoms with Gasteiger partial charge in [-0.2, -0.15) is 167 Å². The fourth-order valence-corrected chi connectivity index (χ4v) is 17.2. The van der Waals surface area contributed by atoms with E-state index in [1.165, 1.54) is 0 Å². The molecule has 0 aliphatic carbocycles. The van der Waals surface area contributed by atoms with E-state index in [0.717, 1.165) is 0 Å². The summed E-state index contributed by atoms with van der Waals surface area (Å²) in [6, 6.07) is -2.08. The molecule has 117 heavy (non-hydrogen) atoms. The van der Waals surface area contributed by atoms with Crippen LogP contribution in [-0.2, 0) is 46.1 Å². The van der Waals surface area contributed by atoms with Gasteiger partial charge in [0.25, 0.3) is 23.3 Å². The third-order valence-electron chi connectivity index (χ3n) is 20.7. The van der Waals surface area contributed by atoms with Gasteiger partial charge < -0.3 is 0 Å². The summed E-state index contributed by atoms with van der Waals surface area (Å²) in [5.41, 5.74) is -87.8. The zero-order valence-electron chi connectivity index (χ0n) is 55.4. The van der Waals surface area contributed by atoms with E-state index in [0.29, 0.717) is 12.1 Å². The lowest BCUT2D eigenvalue weighted by molar-refractivity contribution is -0.790. The number of benzene rings is 6. The van der Waals surface area contributed by atoms with Gasteiger partial charge >= 0.3 is 103 Å². The molecule has 0 fully saturated rings. The summed E-state index contributed by atoms with van der Waals surface area (Å²) in [4.78, 5) is 12.0. The molecule has 6 aromatic carbocycles. The molecule has 15 rings (SSSR count). The Morgan fingerprint density at radius 1 is 0.333 bits per heavy atom. The second kappa shape index (κ2) is 22.7. The van der Waals surface area contributed by atoms with Crippen molar-refractivity contribution in [2.24, 2.45) is 20.0 Å². The van der Waals surface area contributed by atoms with Crippen molar-refractivity contribution in [2.45, 2.75) is 135 Å². The summed E-state index contributed by atoms with van der Waals surface area (Å²) in [7, 11) is 0. The van der Waals surface area contributed by atoms with Crippen LogP contribution in [0.4, 0.5) is 196 Å². The van der Waals surface area contributed by atoms with Crippen LogP contribution < -0.4 is 11.0 Å². The monoisotopic (exact) mass is 1760 g/mol. The van der Waals surface area contributed by atoms with Crippen LogP contribution in [0.2, 0.25) is 0 Å². The molecule has 8 nitrogen and oxygen atoms in total. The molecule has 0 N–H and O–H groups in total. The molecule has 9 heterocycles. The van der Waals surface area contributed by atoms with Crippen molar-refractivity contribution in [3.05, 3.63) is 155 Å². The summed E-state index contributed by atoms with van der Waals surface area (Å²) < 4.78 is 685. The number of hydrogen-bond donors (Lipinski definition) is 0. The molecule has 624 valence electrons. The highest BCUT2D eigenvalue weighted by Crippen LogP contribution is 2.68. The van der Waals surface area contributed by atoms with E-state index in [1.54, 1.807) is 0 Å². The van der Waals surface area contributed by atoms with Crippen molar-refractivity contribution in [3.63, 3.8) is 0 Å². The zero-order chi connectivity index (χ0) is 87.4. The van der Waals surface area contributed by atoms with E-state index in [2.05, 4.69) is 20.0 Å². The summed E-state index contributed by atoms with van der Waals surface area (Å²) in [5.74, 6) is -22.3. The molecular formula is C66H22F42N8S+2. The quantitative estimate of drug-likeness (QED) is 0.113. The Hall–Kier alpha value is -10.0. The van der Waals surface area contributed by atoms with Gasteiger partial charge in [-0.3, -0.25) is 0 Å². The molecule has 9 aromatic rings. The second-order valence-electron chi connectivity index (χ2n) is 27.1. The van der Waals surface area contributed by atoms with Crippen molar-refractivity contribution in [2.75, 3.05) is 0 Å². The number of fused-ring (bicyclic) bond motifs is 15. The molecule has 3 unspecified atom stereocenters. The standard InChI is InChI=1S/C66H22F42N8S/c1-17(54(73,74)75)16-24-38(55(76,77)78)31-39(117-24)47-112-45-30-29(36(52(71,62(97,98)99)63(100,101)102)22-14-8-9-15-23(22)37(30)53(72,64(103,104)105)65(106,107)108)44-110-43-28-27(34(50(69,58(85,86)87)59(88,89)90)20-12-6-7-13-21(20)35(28)51(70,60(91,92)93)61(94,95)96)42-109-40-25-26(41-111-46(31)116(47)66(113(40)41,114(42)43)115(44)45)33(49(3,68)57(82,83)84)19-11-5-4-10-18(19)32(25)48(2,67)56(79,80)81/h4-16H,1-3H3/q+2/b17-16-. The van der Waals surface area contributed by atoms with Crippen LogP contribution in [0.1, 0.15) is 86.8 Å². The van der Waals surface area contributed by atoms with Crippen molar-refractivity contribution in [1.29, 1.82) is 0 Å². The molecule has 0 saturated heterocycles. The maximum atomic E-state index is 18.4. The minimum Gasteiger partial charge on any atom is -0.229 e. The van der Waals surface area contributed by atoms with Crippen LogP contribution in [0.3, 0.4) is 0 Å². The predicted octanol–water partition coefficient (Wildman–Crippen LogP) is 22.9. The van der Waals surface area contributed by atoms with Gasteiger partial charge in [0, 0.05) is 43.8 Å². The molecular weight excluding hydrogens is 1730 g/mol. The number of aliphatic imine (C=N–C) groups is 2. The smallest absolute Gasteiger partial charge is 0.229 e. The zero-order valence-corrected chi connectivity index (χ0v) is 56.2. The van der Waals surface area contributed by atoms with Gasteiger partial charge in [0.2, 0.25) is 33.9 Å². The highest BCUT2D eigenvalue weighted by atomic mass is 32.1. The van der Waals surface area contributed by atoms with Gasteiger partial charge in [-0.15, -0.1) is 20.5 Å². The van der Waals surface area contributed by atoms with E-state index >= 15 is 171 Å². The van der Waals surface area contributed by atoms with Gasteiger partial charge in [-0.05, 0) is 59.2 Å². The fraction of sp³-hybridized carbons (Fsp3) is 0.333. The average Bonchev–Trinajstić information content (AvgIpc) is 1.44. The van der Waals surface area contributed by atoms with Crippen LogP contribution in [0.5, 0.6) is 0 Å². The van der Waals surface area contributed by atoms with Gasteiger partial charge in [0.1, 0.15) is 4.70 Å². The first-order valence-corrected chi connectivity index (χ1v) is 32.2. The number of nitrogens with zero attached hydrogens (tertiary/aromatic N) is 8.